The van der Waals surface area contributed by atoms with Crippen molar-refractivity contribution < 1.29 is 4.79 Å². The van der Waals surface area contributed by atoms with E-state index in [0.29, 0.717) is 0 Å². The van der Waals surface area contributed by atoms with E-state index in [2.05, 4.69) is 19.9 Å². The smallest absolute Gasteiger partial charge is 0.209 e. The van der Waals surface area contributed by atoms with E-state index in [9.17, 15) is 4.79 Å². The average Bonchev–Trinajstić information content (AvgIpc) is 2.96. The van der Waals surface area contributed by atoms with Crippen LogP contribution in [0.5, 0.6) is 0 Å². The Hall–Kier alpha value is -2.11. The van der Waals surface area contributed by atoms with Gasteiger partial charge in [0.15, 0.2) is 0 Å². The zero-order chi connectivity index (χ0) is 11.4. The molecule has 6 heteroatoms. The predicted octanol–water partition coefficient (Wildman–Crippen LogP) is 0.524. The number of nitrogens with one attached hydrogen (secondary N) is 2. The second-order valence-electron chi connectivity index (χ2n) is 2.59. The largest absolute Gasteiger partial charge is 0.351 e. The fourth-order valence-electron chi connectivity index (χ4n) is 0.430. The number of H-pyrrole nitrogens is 2. The van der Waals surface area contributed by atoms with Crippen LogP contribution >= 0.6 is 0 Å². The molecular weight excluding hydrogens is 194 g/mol. The quantitative estimate of drug-likeness (QED) is 0.672. The molecule has 0 saturated heterocycles. The van der Waals surface area contributed by atoms with Crippen LogP contribution in [0.4, 0.5) is 0 Å². The summed E-state index contributed by atoms with van der Waals surface area (Å²) >= 11 is 0. The first-order valence-corrected chi connectivity index (χ1v) is 4.24. The van der Waals surface area contributed by atoms with Crippen molar-refractivity contribution in [2.45, 2.75) is 0 Å². The fourth-order valence-corrected chi connectivity index (χ4v) is 0.430. The topological polar surface area (TPSA) is 77.7 Å². The van der Waals surface area contributed by atoms with Crippen molar-refractivity contribution in [1.29, 1.82) is 0 Å². The van der Waals surface area contributed by atoms with Gasteiger partial charge in [-0.2, -0.15) is 0 Å². The van der Waals surface area contributed by atoms with Gasteiger partial charge in [-0.3, -0.25) is 4.79 Å². The summed E-state index contributed by atoms with van der Waals surface area (Å²) in [6, 6.07) is 0. The molecule has 2 aromatic rings. The van der Waals surface area contributed by atoms with Gasteiger partial charge in [0.1, 0.15) is 0 Å². The van der Waals surface area contributed by atoms with Gasteiger partial charge < -0.3 is 14.9 Å². The zero-order valence-electron chi connectivity index (χ0n) is 8.79. The Morgan fingerprint density at radius 1 is 1.07 bits per heavy atom. The number of aromatic amines is 2. The number of carbonyl (C=O) groups is 1. The molecule has 1 amide bonds. The highest BCUT2D eigenvalue weighted by atomic mass is 16.1. The molecule has 82 valence electrons. The zero-order valence-corrected chi connectivity index (χ0v) is 8.79. The highest BCUT2D eigenvalue weighted by Gasteiger charge is 1.68. The van der Waals surface area contributed by atoms with Gasteiger partial charge in [0, 0.05) is 38.9 Å². The number of amides is 1. The van der Waals surface area contributed by atoms with Gasteiger partial charge in [0.05, 0.1) is 12.7 Å². The van der Waals surface area contributed by atoms with Crippen LogP contribution in [0.15, 0.2) is 37.4 Å². The number of aromatic nitrogens is 4. The van der Waals surface area contributed by atoms with Crippen LogP contribution in [-0.4, -0.2) is 45.3 Å². The Morgan fingerprint density at radius 3 is 1.53 bits per heavy atom. The van der Waals surface area contributed by atoms with Gasteiger partial charge in [-0.15, -0.1) is 0 Å². The summed E-state index contributed by atoms with van der Waals surface area (Å²) in [6.07, 6.45) is 10.9. The molecule has 2 rings (SSSR count). The van der Waals surface area contributed by atoms with Gasteiger partial charge in [-0.25, -0.2) is 9.97 Å². The molecule has 0 aliphatic heterocycles. The first kappa shape index (κ1) is 12.9. The Kier molecular flexibility index (Phi) is 8.57. The van der Waals surface area contributed by atoms with Crippen molar-refractivity contribution in [2.75, 3.05) is 14.1 Å². The van der Waals surface area contributed by atoms with Crippen LogP contribution in [0, 0.1) is 0 Å². The van der Waals surface area contributed by atoms with E-state index >= 15 is 0 Å². The summed E-state index contributed by atoms with van der Waals surface area (Å²) in [4.78, 5) is 23.7. The monoisotopic (exact) mass is 209 g/mol. The molecule has 2 aromatic heterocycles. The number of hydrogen-bond donors (Lipinski definition) is 2. The van der Waals surface area contributed by atoms with Crippen molar-refractivity contribution in [1.82, 2.24) is 24.8 Å². The van der Waals surface area contributed by atoms with E-state index < -0.39 is 0 Å². The minimum absolute atomic E-state index is 0.750. The molecule has 0 unspecified atom stereocenters. The standard InChI is InChI=1S/2C3H4N2.C3H7NO/c2*1-2-5-3-4-1;1-4(2)3-5/h2*1-3H,(H,4,5);3H,1-2H3. The van der Waals surface area contributed by atoms with Gasteiger partial charge in [-0.05, 0) is 0 Å². The Balaban J connectivity index is 0.000000196. The predicted molar refractivity (Wildman–Crippen MR) is 56.9 cm³/mol. The SMILES string of the molecule is CN(C)C=O.c1c[nH]cn1.c1c[nH]cn1. The normalized spacial score (nSPS) is 7.60. The van der Waals surface area contributed by atoms with Crippen molar-refractivity contribution in [3.63, 3.8) is 0 Å². The minimum Gasteiger partial charge on any atom is -0.351 e. The number of imidazole rings is 2. The van der Waals surface area contributed by atoms with Crippen LogP contribution in [0.3, 0.4) is 0 Å². The van der Waals surface area contributed by atoms with Crippen molar-refractivity contribution >= 4 is 6.41 Å². The lowest BCUT2D eigenvalue weighted by molar-refractivity contribution is -0.115. The Bertz CT molecular complexity index is 229. The van der Waals surface area contributed by atoms with Crippen LogP contribution in [0.2, 0.25) is 0 Å². The summed E-state index contributed by atoms with van der Waals surface area (Å²) < 4.78 is 0. The third-order valence-electron chi connectivity index (χ3n) is 1.02. The molecular formula is C9H15N5O. The summed E-state index contributed by atoms with van der Waals surface area (Å²) in [5.41, 5.74) is 0. The van der Waals surface area contributed by atoms with E-state index in [1.54, 1.807) is 51.5 Å². The maximum absolute atomic E-state index is 9.43. The molecule has 0 aliphatic rings. The number of nitrogens with zero attached hydrogens (tertiary/aromatic N) is 3. The van der Waals surface area contributed by atoms with Crippen LogP contribution in [-0.2, 0) is 4.79 Å². The minimum atomic E-state index is 0.750. The molecule has 0 aliphatic carbocycles. The highest BCUT2D eigenvalue weighted by Crippen LogP contribution is 1.63. The lowest BCUT2D eigenvalue weighted by atomic mass is 11.0. The summed E-state index contributed by atoms with van der Waals surface area (Å²) in [5, 5.41) is 0. The highest BCUT2D eigenvalue weighted by molar-refractivity contribution is 5.45. The van der Waals surface area contributed by atoms with Crippen LogP contribution in [0.1, 0.15) is 0 Å². The molecule has 0 atom stereocenters. The second kappa shape index (κ2) is 9.97. The Labute approximate surface area is 88.4 Å². The van der Waals surface area contributed by atoms with E-state index in [4.69, 9.17) is 0 Å². The van der Waals surface area contributed by atoms with Crippen LogP contribution in [0.25, 0.3) is 0 Å². The molecule has 2 heterocycles. The lowest BCUT2D eigenvalue weighted by Gasteiger charge is -1.93. The second-order valence-corrected chi connectivity index (χ2v) is 2.59. The maximum Gasteiger partial charge on any atom is 0.209 e. The summed E-state index contributed by atoms with van der Waals surface area (Å²) in [7, 11) is 3.38. The maximum atomic E-state index is 9.43. The molecule has 2 N–H and O–H groups in total. The molecule has 0 bridgehead atoms. The van der Waals surface area contributed by atoms with E-state index in [1.165, 1.54) is 4.90 Å². The van der Waals surface area contributed by atoms with E-state index in [0.717, 1.165) is 6.41 Å². The fraction of sp³-hybridized carbons (Fsp3) is 0.222. The number of rotatable bonds is 1. The Morgan fingerprint density at radius 2 is 1.47 bits per heavy atom. The summed E-state index contributed by atoms with van der Waals surface area (Å²) in [6.45, 7) is 0. The molecule has 0 saturated carbocycles. The van der Waals surface area contributed by atoms with Crippen molar-refractivity contribution in [2.24, 2.45) is 0 Å². The summed E-state index contributed by atoms with van der Waals surface area (Å²) in [5.74, 6) is 0. The van der Waals surface area contributed by atoms with Gasteiger partial charge in [0.2, 0.25) is 6.41 Å². The number of hydrogen-bond acceptors (Lipinski definition) is 3. The molecule has 0 fully saturated rings. The first-order valence-electron chi connectivity index (χ1n) is 4.24. The van der Waals surface area contributed by atoms with Gasteiger partial charge >= 0.3 is 0 Å². The van der Waals surface area contributed by atoms with Gasteiger partial charge in [0.25, 0.3) is 0 Å². The van der Waals surface area contributed by atoms with E-state index in [1.807, 2.05) is 0 Å². The molecule has 6 nitrogen and oxygen atoms in total. The lowest BCUT2D eigenvalue weighted by Crippen LogP contribution is -2.06. The van der Waals surface area contributed by atoms with Crippen molar-refractivity contribution in [3.8, 4) is 0 Å². The molecule has 0 spiro atoms. The molecule has 15 heavy (non-hydrogen) atoms. The average molecular weight is 209 g/mol. The van der Waals surface area contributed by atoms with Crippen molar-refractivity contribution in [3.05, 3.63) is 37.4 Å². The molecule has 0 aromatic carbocycles. The van der Waals surface area contributed by atoms with Crippen LogP contribution < -0.4 is 0 Å². The first-order chi connectivity index (χ1) is 7.27. The molecule has 0 radical (unpaired) electrons. The number of carbonyl (C=O) groups excluding carboxylic acids is 1. The third-order valence-corrected chi connectivity index (χ3v) is 1.02. The van der Waals surface area contributed by atoms with E-state index in [-0.39, 0.29) is 0 Å². The third kappa shape index (κ3) is 11.9. The van der Waals surface area contributed by atoms with Gasteiger partial charge in [-0.1, -0.05) is 0 Å².